The normalized spacial score (nSPS) is 10.0. The van der Waals surface area contributed by atoms with E-state index in [0.717, 1.165) is 5.56 Å². The minimum absolute atomic E-state index is 0.247. The zero-order valence-electron chi connectivity index (χ0n) is 8.72. The summed E-state index contributed by atoms with van der Waals surface area (Å²) in [6, 6.07) is 3.31. The third kappa shape index (κ3) is 3.27. The lowest BCUT2D eigenvalue weighted by atomic mass is 10.1. The number of aryl methyl sites for hydroxylation is 1. The summed E-state index contributed by atoms with van der Waals surface area (Å²) >= 11 is 11.9. The third-order valence-corrected chi connectivity index (χ3v) is 2.75. The number of rotatable bonds is 4. The summed E-state index contributed by atoms with van der Waals surface area (Å²) in [7, 11) is 1.51. The van der Waals surface area contributed by atoms with Crippen molar-refractivity contribution in [3.05, 3.63) is 27.7 Å². The van der Waals surface area contributed by atoms with Crippen LogP contribution in [0.1, 0.15) is 12.0 Å². The van der Waals surface area contributed by atoms with Crippen LogP contribution in [0.5, 0.6) is 5.75 Å². The molecule has 0 saturated carbocycles. The van der Waals surface area contributed by atoms with Crippen molar-refractivity contribution in [2.45, 2.75) is 12.8 Å². The molecule has 0 spiro atoms. The number of carbonyl (C=O) groups excluding carboxylic acids is 1. The highest BCUT2D eigenvalue weighted by molar-refractivity contribution is 6.34. The summed E-state index contributed by atoms with van der Waals surface area (Å²) in [5, 5.41) is 0.987. The van der Waals surface area contributed by atoms with Crippen LogP contribution < -0.4 is 16.0 Å². The lowest BCUT2D eigenvalue weighted by Gasteiger charge is -2.08. The number of ether oxygens (including phenoxy) is 1. The van der Waals surface area contributed by atoms with Crippen molar-refractivity contribution < 1.29 is 9.53 Å². The van der Waals surface area contributed by atoms with Gasteiger partial charge in [0.25, 0.3) is 0 Å². The standard InChI is InChI=1S/C10H12Cl2N2O2/c1-16-9-5-7(11)6(4-8(9)12)2-3-10(15)14-13/h4-5H,2-3,13H2,1H3,(H,14,15). The van der Waals surface area contributed by atoms with Crippen molar-refractivity contribution in [3.63, 3.8) is 0 Å². The van der Waals surface area contributed by atoms with Crippen LogP contribution in [-0.4, -0.2) is 13.0 Å². The van der Waals surface area contributed by atoms with Crippen LogP contribution in [0.15, 0.2) is 12.1 Å². The van der Waals surface area contributed by atoms with Crippen LogP contribution in [0, 0.1) is 0 Å². The van der Waals surface area contributed by atoms with E-state index < -0.39 is 0 Å². The Labute approximate surface area is 104 Å². The van der Waals surface area contributed by atoms with E-state index in [1.165, 1.54) is 7.11 Å². The quantitative estimate of drug-likeness (QED) is 0.495. The molecular formula is C10H12Cl2N2O2. The monoisotopic (exact) mass is 262 g/mol. The molecule has 0 radical (unpaired) electrons. The average molecular weight is 263 g/mol. The largest absolute Gasteiger partial charge is 0.495 e. The minimum atomic E-state index is -0.247. The summed E-state index contributed by atoms with van der Waals surface area (Å²) in [4.78, 5) is 11.0. The number of methoxy groups -OCH3 is 1. The molecule has 1 aromatic rings. The van der Waals surface area contributed by atoms with E-state index in [0.29, 0.717) is 22.2 Å². The molecule has 0 bridgehead atoms. The molecule has 88 valence electrons. The number of nitrogens with one attached hydrogen (secondary N) is 1. The van der Waals surface area contributed by atoms with E-state index in [4.69, 9.17) is 33.8 Å². The second-order valence-corrected chi connectivity index (χ2v) is 3.96. The first-order chi connectivity index (χ1) is 7.58. The van der Waals surface area contributed by atoms with E-state index in [1.807, 2.05) is 0 Å². The van der Waals surface area contributed by atoms with Gasteiger partial charge in [0.05, 0.1) is 12.1 Å². The summed E-state index contributed by atoms with van der Waals surface area (Å²) in [6.45, 7) is 0. The lowest BCUT2D eigenvalue weighted by Crippen LogP contribution is -2.30. The van der Waals surface area contributed by atoms with Gasteiger partial charge in [-0.1, -0.05) is 23.2 Å². The Bertz CT molecular complexity index is 397. The zero-order valence-corrected chi connectivity index (χ0v) is 10.2. The molecule has 1 rings (SSSR count). The first-order valence-corrected chi connectivity index (χ1v) is 5.35. The summed E-state index contributed by atoms with van der Waals surface area (Å²) < 4.78 is 5.01. The molecule has 0 unspecified atom stereocenters. The summed E-state index contributed by atoms with van der Waals surface area (Å²) in [5.41, 5.74) is 2.84. The molecule has 0 heterocycles. The van der Waals surface area contributed by atoms with E-state index >= 15 is 0 Å². The molecule has 0 aliphatic rings. The van der Waals surface area contributed by atoms with E-state index in [2.05, 4.69) is 5.43 Å². The number of halogens is 2. The number of hydrogen-bond acceptors (Lipinski definition) is 3. The number of amides is 1. The Hall–Kier alpha value is -0.970. The van der Waals surface area contributed by atoms with Crippen molar-refractivity contribution in [3.8, 4) is 5.75 Å². The maximum Gasteiger partial charge on any atom is 0.234 e. The van der Waals surface area contributed by atoms with Gasteiger partial charge in [-0.15, -0.1) is 0 Å². The Morgan fingerprint density at radius 2 is 2.12 bits per heavy atom. The van der Waals surface area contributed by atoms with Gasteiger partial charge in [-0.2, -0.15) is 0 Å². The lowest BCUT2D eigenvalue weighted by molar-refractivity contribution is -0.121. The molecule has 1 amide bonds. The SMILES string of the molecule is COc1cc(Cl)c(CCC(=O)NN)cc1Cl. The molecule has 0 fully saturated rings. The molecule has 16 heavy (non-hydrogen) atoms. The number of carbonyl (C=O) groups is 1. The highest BCUT2D eigenvalue weighted by Gasteiger charge is 2.09. The molecule has 6 heteroatoms. The van der Waals surface area contributed by atoms with Gasteiger partial charge in [0, 0.05) is 17.5 Å². The average Bonchev–Trinajstić information content (AvgIpc) is 2.29. The Morgan fingerprint density at radius 1 is 1.44 bits per heavy atom. The fraction of sp³-hybridized carbons (Fsp3) is 0.300. The molecule has 0 aliphatic carbocycles. The van der Waals surface area contributed by atoms with E-state index in [1.54, 1.807) is 12.1 Å². The van der Waals surface area contributed by atoms with E-state index in [9.17, 15) is 4.79 Å². The molecule has 0 atom stereocenters. The van der Waals surface area contributed by atoms with Crippen LogP contribution in [0.25, 0.3) is 0 Å². The van der Waals surface area contributed by atoms with Crippen LogP contribution in [0.3, 0.4) is 0 Å². The van der Waals surface area contributed by atoms with Gasteiger partial charge in [0.1, 0.15) is 5.75 Å². The Morgan fingerprint density at radius 3 is 2.69 bits per heavy atom. The smallest absolute Gasteiger partial charge is 0.234 e. The third-order valence-electron chi connectivity index (χ3n) is 2.10. The maximum absolute atomic E-state index is 11.0. The van der Waals surface area contributed by atoms with Crippen LogP contribution >= 0.6 is 23.2 Å². The molecular weight excluding hydrogens is 251 g/mol. The zero-order chi connectivity index (χ0) is 12.1. The number of benzene rings is 1. The van der Waals surface area contributed by atoms with Gasteiger partial charge in [0.15, 0.2) is 0 Å². The predicted molar refractivity (Wildman–Crippen MR) is 63.7 cm³/mol. The van der Waals surface area contributed by atoms with Crippen LogP contribution in [0.4, 0.5) is 0 Å². The topological polar surface area (TPSA) is 64.3 Å². The van der Waals surface area contributed by atoms with Gasteiger partial charge in [-0.05, 0) is 18.1 Å². The summed E-state index contributed by atoms with van der Waals surface area (Å²) in [5.74, 6) is 5.24. The van der Waals surface area contributed by atoms with Crippen molar-refractivity contribution in [2.75, 3.05) is 7.11 Å². The second-order valence-electron chi connectivity index (χ2n) is 3.15. The fourth-order valence-electron chi connectivity index (χ4n) is 1.24. The molecule has 4 nitrogen and oxygen atoms in total. The van der Waals surface area contributed by atoms with Crippen molar-refractivity contribution >= 4 is 29.1 Å². The van der Waals surface area contributed by atoms with Crippen molar-refractivity contribution in [1.82, 2.24) is 5.43 Å². The number of hydrogen-bond donors (Lipinski definition) is 2. The number of hydrazine groups is 1. The van der Waals surface area contributed by atoms with Crippen LogP contribution in [-0.2, 0) is 11.2 Å². The second kappa shape index (κ2) is 5.94. The fourth-order valence-corrected chi connectivity index (χ4v) is 1.75. The van der Waals surface area contributed by atoms with Gasteiger partial charge in [-0.25, -0.2) is 5.84 Å². The molecule has 0 saturated heterocycles. The predicted octanol–water partition coefficient (Wildman–Crippen LogP) is 1.92. The van der Waals surface area contributed by atoms with Crippen molar-refractivity contribution in [1.29, 1.82) is 0 Å². The van der Waals surface area contributed by atoms with Gasteiger partial charge in [-0.3, -0.25) is 10.2 Å². The first-order valence-electron chi connectivity index (χ1n) is 4.59. The maximum atomic E-state index is 11.0. The van der Waals surface area contributed by atoms with Gasteiger partial charge >= 0.3 is 0 Å². The highest BCUT2D eigenvalue weighted by atomic mass is 35.5. The number of nitrogens with two attached hydrogens (primary N) is 1. The van der Waals surface area contributed by atoms with Crippen LogP contribution in [0.2, 0.25) is 10.0 Å². The van der Waals surface area contributed by atoms with Gasteiger partial charge < -0.3 is 4.74 Å². The molecule has 0 aliphatic heterocycles. The Balaban J connectivity index is 2.81. The molecule has 0 aromatic heterocycles. The minimum Gasteiger partial charge on any atom is -0.495 e. The molecule has 1 aromatic carbocycles. The first kappa shape index (κ1) is 13.1. The van der Waals surface area contributed by atoms with E-state index in [-0.39, 0.29) is 12.3 Å². The van der Waals surface area contributed by atoms with Crippen molar-refractivity contribution in [2.24, 2.45) is 5.84 Å². The molecule has 3 N–H and O–H groups in total. The highest BCUT2D eigenvalue weighted by Crippen LogP contribution is 2.31. The Kier molecular flexibility index (Phi) is 4.86. The summed E-state index contributed by atoms with van der Waals surface area (Å²) in [6.07, 6.45) is 0.741. The van der Waals surface area contributed by atoms with Gasteiger partial charge in [0.2, 0.25) is 5.91 Å².